The molecule has 0 bridgehead atoms. The van der Waals surface area contributed by atoms with Crippen molar-refractivity contribution in [3.63, 3.8) is 0 Å². The van der Waals surface area contributed by atoms with Crippen LogP contribution in [0.1, 0.15) is 56.6 Å². The molecule has 1 atom stereocenters. The summed E-state index contributed by atoms with van der Waals surface area (Å²) in [6.07, 6.45) is 8.39. The lowest BCUT2D eigenvalue weighted by Gasteiger charge is -2.41. The predicted octanol–water partition coefficient (Wildman–Crippen LogP) is 4.22. The van der Waals surface area contributed by atoms with Crippen LogP contribution < -0.4 is 10.5 Å². The number of benzene rings is 1. The second-order valence-electron chi connectivity index (χ2n) is 5.69. The first-order valence-corrected chi connectivity index (χ1v) is 7.30. The topological polar surface area (TPSA) is 35.2 Å². The van der Waals surface area contributed by atoms with E-state index in [1.54, 1.807) is 0 Å². The summed E-state index contributed by atoms with van der Waals surface area (Å²) in [6.45, 7) is 0. The molecule has 3 heteroatoms. The summed E-state index contributed by atoms with van der Waals surface area (Å²) in [5.74, 6) is 0.944. The quantitative estimate of drug-likeness (QED) is 0.762. The monoisotopic (exact) mass is 265 g/mol. The highest BCUT2D eigenvalue weighted by molar-refractivity contribution is 6.30. The largest absolute Gasteiger partial charge is 0.487 e. The Labute approximate surface area is 113 Å². The van der Waals surface area contributed by atoms with Crippen molar-refractivity contribution in [2.24, 2.45) is 5.73 Å². The lowest BCUT2D eigenvalue weighted by atomic mass is 9.82. The van der Waals surface area contributed by atoms with Crippen LogP contribution in [0.2, 0.25) is 5.02 Å². The number of hydrogen-bond acceptors (Lipinski definition) is 2. The van der Waals surface area contributed by atoms with Crippen molar-refractivity contribution in [2.45, 2.75) is 56.6 Å². The average molecular weight is 266 g/mol. The van der Waals surface area contributed by atoms with Gasteiger partial charge in [0.15, 0.2) is 0 Å². The molecule has 1 heterocycles. The smallest absolute Gasteiger partial charge is 0.125 e. The summed E-state index contributed by atoms with van der Waals surface area (Å²) >= 11 is 6.03. The van der Waals surface area contributed by atoms with Crippen molar-refractivity contribution in [1.29, 1.82) is 0 Å². The molecule has 0 unspecified atom stereocenters. The summed E-state index contributed by atoms with van der Waals surface area (Å²) in [6, 6.07) is 5.88. The van der Waals surface area contributed by atoms with Crippen LogP contribution in [-0.2, 0) is 0 Å². The van der Waals surface area contributed by atoms with Gasteiger partial charge in [-0.3, -0.25) is 0 Å². The van der Waals surface area contributed by atoms with Gasteiger partial charge in [-0.2, -0.15) is 0 Å². The maximum atomic E-state index is 6.33. The minimum atomic E-state index is -0.0171. The summed E-state index contributed by atoms with van der Waals surface area (Å²) in [5.41, 5.74) is 7.38. The van der Waals surface area contributed by atoms with E-state index in [4.69, 9.17) is 22.1 Å². The molecule has 18 heavy (non-hydrogen) atoms. The molecule has 1 aromatic rings. The Morgan fingerprint density at radius 1 is 1.17 bits per heavy atom. The van der Waals surface area contributed by atoms with Crippen molar-refractivity contribution in [3.8, 4) is 5.75 Å². The second-order valence-corrected chi connectivity index (χ2v) is 6.13. The van der Waals surface area contributed by atoms with E-state index in [9.17, 15) is 0 Å². The highest BCUT2D eigenvalue weighted by Crippen LogP contribution is 2.45. The first-order valence-electron chi connectivity index (χ1n) is 6.93. The Bertz CT molecular complexity index is 438. The van der Waals surface area contributed by atoms with Crippen LogP contribution in [0.5, 0.6) is 5.75 Å². The van der Waals surface area contributed by atoms with Crippen LogP contribution in [0, 0.1) is 0 Å². The molecule has 3 rings (SSSR count). The van der Waals surface area contributed by atoms with Gasteiger partial charge in [-0.05, 0) is 43.9 Å². The zero-order valence-corrected chi connectivity index (χ0v) is 11.4. The Kier molecular flexibility index (Phi) is 3.25. The van der Waals surface area contributed by atoms with E-state index in [1.165, 1.54) is 25.7 Å². The Morgan fingerprint density at radius 3 is 2.61 bits per heavy atom. The minimum absolute atomic E-state index is 0.0171. The van der Waals surface area contributed by atoms with Crippen LogP contribution in [0.25, 0.3) is 0 Å². The van der Waals surface area contributed by atoms with Crippen LogP contribution in [0.3, 0.4) is 0 Å². The minimum Gasteiger partial charge on any atom is -0.487 e. The van der Waals surface area contributed by atoms with Gasteiger partial charge in [-0.25, -0.2) is 0 Å². The highest BCUT2D eigenvalue weighted by atomic mass is 35.5. The van der Waals surface area contributed by atoms with Crippen LogP contribution in [0.4, 0.5) is 0 Å². The first kappa shape index (κ1) is 12.3. The molecular weight excluding hydrogens is 246 g/mol. The van der Waals surface area contributed by atoms with Gasteiger partial charge in [0.05, 0.1) is 0 Å². The molecule has 1 aliphatic carbocycles. The molecule has 1 aromatic carbocycles. The molecule has 0 radical (unpaired) electrons. The molecule has 1 spiro atoms. The standard InChI is InChI=1S/C15H20ClNO/c16-11-5-6-14-12(9-11)13(17)10-15(18-14)7-3-1-2-4-8-15/h5-6,9,13H,1-4,7-8,10,17H2/t13-/m1/s1. The number of hydrogen-bond donors (Lipinski definition) is 1. The van der Waals surface area contributed by atoms with Crippen molar-refractivity contribution < 1.29 is 4.74 Å². The van der Waals surface area contributed by atoms with Gasteiger partial charge < -0.3 is 10.5 Å². The SMILES string of the molecule is N[C@@H]1CC2(CCCCCC2)Oc2ccc(Cl)cc21. The van der Waals surface area contributed by atoms with E-state index in [0.29, 0.717) is 0 Å². The van der Waals surface area contributed by atoms with Gasteiger partial charge in [0.2, 0.25) is 0 Å². The fourth-order valence-electron chi connectivity index (χ4n) is 3.37. The molecule has 1 fully saturated rings. The molecule has 1 saturated carbocycles. The van der Waals surface area contributed by atoms with E-state index >= 15 is 0 Å². The number of rotatable bonds is 0. The van der Waals surface area contributed by atoms with Gasteiger partial charge in [0.25, 0.3) is 0 Å². The summed E-state index contributed by atoms with van der Waals surface area (Å²) in [5, 5.41) is 0.740. The van der Waals surface area contributed by atoms with E-state index in [2.05, 4.69) is 0 Å². The number of ether oxygens (including phenoxy) is 1. The Morgan fingerprint density at radius 2 is 1.89 bits per heavy atom. The third kappa shape index (κ3) is 2.24. The normalized spacial score (nSPS) is 26.2. The molecule has 0 aromatic heterocycles. The highest BCUT2D eigenvalue weighted by Gasteiger charge is 2.39. The third-order valence-corrected chi connectivity index (χ3v) is 4.54. The van der Waals surface area contributed by atoms with E-state index < -0.39 is 0 Å². The summed E-state index contributed by atoms with van der Waals surface area (Å²) in [7, 11) is 0. The lowest BCUT2D eigenvalue weighted by Crippen LogP contribution is -2.42. The Hall–Kier alpha value is -0.730. The molecule has 0 saturated heterocycles. The van der Waals surface area contributed by atoms with Crippen molar-refractivity contribution in [2.75, 3.05) is 0 Å². The number of halogens is 1. The van der Waals surface area contributed by atoms with Gasteiger partial charge in [0.1, 0.15) is 11.4 Å². The predicted molar refractivity (Wildman–Crippen MR) is 74.1 cm³/mol. The average Bonchev–Trinajstić information content (AvgIpc) is 2.56. The molecule has 2 nitrogen and oxygen atoms in total. The van der Waals surface area contributed by atoms with Gasteiger partial charge in [-0.1, -0.05) is 24.4 Å². The molecule has 2 aliphatic rings. The van der Waals surface area contributed by atoms with E-state index in [1.807, 2.05) is 18.2 Å². The van der Waals surface area contributed by atoms with Crippen LogP contribution >= 0.6 is 11.6 Å². The molecule has 2 N–H and O–H groups in total. The maximum absolute atomic E-state index is 6.33. The fraction of sp³-hybridized carbons (Fsp3) is 0.600. The zero-order chi connectivity index (χ0) is 12.6. The van der Waals surface area contributed by atoms with Gasteiger partial charge in [0, 0.05) is 23.0 Å². The zero-order valence-electron chi connectivity index (χ0n) is 10.6. The molecule has 1 aliphatic heterocycles. The van der Waals surface area contributed by atoms with Gasteiger partial charge in [-0.15, -0.1) is 0 Å². The van der Waals surface area contributed by atoms with Crippen LogP contribution in [-0.4, -0.2) is 5.60 Å². The van der Waals surface area contributed by atoms with Crippen molar-refractivity contribution in [1.82, 2.24) is 0 Å². The number of nitrogens with two attached hydrogens (primary N) is 1. The third-order valence-electron chi connectivity index (χ3n) is 4.30. The molecule has 98 valence electrons. The number of fused-ring (bicyclic) bond motifs is 1. The van der Waals surface area contributed by atoms with E-state index in [0.717, 1.165) is 35.6 Å². The summed E-state index contributed by atoms with van der Waals surface area (Å²) < 4.78 is 6.33. The second kappa shape index (κ2) is 4.75. The molecular formula is C15H20ClNO. The fourth-order valence-corrected chi connectivity index (χ4v) is 3.55. The van der Waals surface area contributed by atoms with Gasteiger partial charge >= 0.3 is 0 Å². The van der Waals surface area contributed by atoms with Crippen LogP contribution in [0.15, 0.2) is 18.2 Å². The summed E-state index contributed by atoms with van der Waals surface area (Å²) in [4.78, 5) is 0. The maximum Gasteiger partial charge on any atom is 0.125 e. The first-order chi connectivity index (χ1) is 8.69. The van der Waals surface area contributed by atoms with E-state index in [-0.39, 0.29) is 11.6 Å². The molecule has 0 amide bonds. The van der Waals surface area contributed by atoms with Crippen molar-refractivity contribution >= 4 is 11.6 Å². The Balaban J connectivity index is 1.92. The lowest BCUT2D eigenvalue weighted by molar-refractivity contribution is 0.0213. The van der Waals surface area contributed by atoms with Crippen molar-refractivity contribution in [3.05, 3.63) is 28.8 Å².